The molecule has 0 saturated carbocycles. The maximum atomic E-state index is 13.6. The highest BCUT2D eigenvalue weighted by Crippen LogP contribution is 2.62. The van der Waals surface area contributed by atoms with E-state index in [9.17, 15) is 18.3 Å². The molecule has 0 rings (SSSR count). The zero-order valence-corrected chi connectivity index (χ0v) is 27.3. The van der Waals surface area contributed by atoms with Gasteiger partial charge in [0.2, 0.25) is 0 Å². The molecule has 0 spiro atoms. The number of phosphoric acid groups is 1. The van der Waals surface area contributed by atoms with E-state index >= 15 is 0 Å². The molecule has 0 aliphatic rings. The molecule has 0 fully saturated rings. The Bertz CT molecular complexity index is 659. The van der Waals surface area contributed by atoms with Crippen LogP contribution in [0.2, 0.25) is 0 Å². The molecule has 0 atom stereocenters. The molecule has 13 nitrogen and oxygen atoms in total. The average molecular weight is 632 g/mol. The molecule has 0 radical (unpaired) electrons. The molecule has 0 bridgehead atoms. The van der Waals surface area contributed by atoms with E-state index in [0.717, 1.165) is 0 Å². The lowest BCUT2D eigenvalue weighted by Gasteiger charge is -2.25. The SMILES string of the molecule is CCCOP(=O)(COP(=O)(OCP(=O)(OCCC)OCCC)OCP(=O)(OCCC)OCCC)OCCC. The first-order valence-corrected chi connectivity index (χ1v) is 19.8. The van der Waals surface area contributed by atoms with Crippen LogP contribution in [0.3, 0.4) is 0 Å². The van der Waals surface area contributed by atoms with Gasteiger partial charge in [-0.05, 0) is 38.5 Å². The monoisotopic (exact) mass is 632 g/mol. The van der Waals surface area contributed by atoms with Crippen LogP contribution in [0.15, 0.2) is 0 Å². The fourth-order valence-electron chi connectivity index (χ4n) is 2.25. The fraction of sp³-hybridized carbons (Fsp3) is 1.00. The Morgan fingerprint density at radius 2 is 0.526 bits per heavy atom. The average Bonchev–Trinajstić information content (AvgIpc) is 2.92. The molecule has 0 N–H and O–H groups in total. The van der Waals surface area contributed by atoms with Crippen molar-refractivity contribution in [1.82, 2.24) is 0 Å². The maximum absolute atomic E-state index is 13.6. The summed E-state index contributed by atoms with van der Waals surface area (Å²) in [6.45, 7) is 11.5. The minimum Gasteiger partial charge on any atom is -0.307 e. The Morgan fingerprint density at radius 3 is 0.684 bits per heavy atom. The number of phosphoric ester groups is 1. The number of hydrogen-bond donors (Lipinski definition) is 0. The van der Waals surface area contributed by atoms with Crippen molar-refractivity contribution < 1.29 is 59.0 Å². The molecule has 0 heterocycles. The highest BCUT2D eigenvalue weighted by molar-refractivity contribution is 7.57. The third kappa shape index (κ3) is 17.4. The van der Waals surface area contributed by atoms with Crippen LogP contribution in [-0.2, 0) is 59.0 Å². The van der Waals surface area contributed by atoms with Crippen molar-refractivity contribution in [3.63, 3.8) is 0 Å². The molecule has 0 amide bonds. The van der Waals surface area contributed by atoms with Crippen molar-refractivity contribution >= 4 is 30.6 Å². The Morgan fingerprint density at radius 1 is 0.342 bits per heavy atom. The first kappa shape index (κ1) is 38.6. The summed E-state index contributed by atoms with van der Waals surface area (Å²) in [5.74, 6) is 0. The van der Waals surface area contributed by atoms with Crippen LogP contribution < -0.4 is 0 Å². The van der Waals surface area contributed by atoms with Crippen molar-refractivity contribution in [2.24, 2.45) is 0 Å². The predicted octanol–water partition coefficient (Wildman–Crippen LogP) is 8.16. The lowest BCUT2D eigenvalue weighted by Crippen LogP contribution is -2.11. The van der Waals surface area contributed by atoms with Crippen LogP contribution in [0.25, 0.3) is 0 Å². The van der Waals surface area contributed by atoms with Gasteiger partial charge in [0, 0.05) is 0 Å². The smallest absolute Gasteiger partial charge is 0.307 e. The van der Waals surface area contributed by atoms with Crippen LogP contribution in [0.4, 0.5) is 0 Å². The first-order chi connectivity index (χ1) is 18.0. The summed E-state index contributed by atoms with van der Waals surface area (Å²) in [6.07, 6.45) is 0.885. The Hall–Kier alpha value is 0.560. The van der Waals surface area contributed by atoms with E-state index in [0.29, 0.717) is 38.5 Å². The van der Waals surface area contributed by atoms with Gasteiger partial charge in [0.15, 0.2) is 19.0 Å². The standard InChI is InChI=1S/C21H48O13P4/c1-7-13-26-35(22,27-14-8-2)19-32-38(25,33-20-36(23,28-15-9-3)29-16-10-4)34-21-37(24,30-17-11-5)31-18-12-6/h7-21H2,1-6H3. The maximum Gasteiger partial charge on any atom is 0.476 e. The number of hydrogen-bond acceptors (Lipinski definition) is 13. The van der Waals surface area contributed by atoms with E-state index in [1.54, 1.807) is 0 Å². The van der Waals surface area contributed by atoms with Crippen molar-refractivity contribution in [2.45, 2.75) is 80.1 Å². The Labute approximate surface area is 228 Å². The molecule has 230 valence electrons. The summed E-state index contributed by atoms with van der Waals surface area (Å²) in [7, 11) is -16.3. The summed E-state index contributed by atoms with van der Waals surface area (Å²) in [5, 5.41) is 0. The van der Waals surface area contributed by atoms with E-state index in [-0.39, 0.29) is 39.6 Å². The van der Waals surface area contributed by atoms with Crippen molar-refractivity contribution in [2.75, 3.05) is 58.7 Å². The minimum atomic E-state index is -4.70. The Balaban J connectivity index is 5.88. The van der Waals surface area contributed by atoms with E-state index in [1.807, 2.05) is 41.5 Å². The Kier molecular flexibility index (Phi) is 21.6. The van der Waals surface area contributed by atoms with Crippen LogP contribution in [0.1, 0.15) is 80.1 Å². The molecule has 0 saturated heterocycles. The lowest BCUT2D eigenvalue weighted by atomic mass is 10.5. The van der Waals surface area contributed by atoms with Crippen molar-refractivity contribution in [3.8, 4) is 0 Å². The van der Waals surface area contributed by atoms with Crippen LogP contribution in [-0.4, -0.2) is 58.7 Å². The highest BCUT2D eigenvalue weighted by Gasteiger charge is 2.40. The molecular weight excluding hydrogens is 584 g/mol. The van der Waals surface area contributed by atoms with E-state index in [4.69, 9.17) is 40.7 Å². The molecule has 0 aliphatic carbocycles. The van der Waals surface area contributed by atoms with Gasteiger partial charge >= 0.3 is 30.6 Å². The van der Waals surface area contributed by atoms with Gasteiger partial charge in [-0.2, -0.15) is 0 Å². The molecule has 38 heavy (non-hydrogen) atoms. The van der Waals surface area contributed by atoms with Gasteiger partial charge in [0.25, 0.3) is 0 Å². The topological polar surface area (TPSA) is 151 Å². The van der Waals surface area contributed by atoms with Gasteiger partial charge in [-0.15, -0.1) is 0 Å². The quantitative estimate of drug-likeness (QED) is 0.0801. The van der Waals surface area contributed by atoms with Crippen molar-refractivity contribution in [1.29, 1.82) is 0 Å². The molecule has 0 unspecified atom stereocenters. The minimum absolute atomic E-state index is 0.103. The summed E-state index contributed by atoms with van der Waals surface area (Å²) < 4.78 is 101. The second-order valence-electron chi connectivity index (χ2n) is 8.05. The summed E-state index contributed by atoms with van der Waals surface area (Å²) in [5.41, 5.74) is 0. The van der Waals surface area contributed by atoms with Gasteiger partial charge in [-0.1, -0.05) is 41.5 Å². The van der Waals surface area contributed by atoms with Gasteiger partial charge in [0.05, 0.1) is 39.6 Å². The molecule has 0 aliphatic heterocycles. The van der Waals surface area contributed by atoms with Crippen LogP contribution in [0.5, 0.6) is 0 Å². The van der Waals surface area contributed by atoms with Gasteiger partial charge in [-0.3, -0.25) is 27.3 Å². The lowest BCUT2D eigenvalue weighted by molar-refractivity contribution is 0.112. The molecule has 0 aromatic carbocycles. The second-order valence-corrected chi connectivity index (χ2v) is 15.7. The summed E-state index contributed by atoms with van der Waals surface area (Å²) in [6, 6.07) is 0. The van der Waals surface area contributed by atoms with Crippen molar-refractivity contribution in [3.05, 3.63) is 0 Å². The molecular formula is C21H48O13P4. The molecule has 17 heteroatoms. The largest absolute Gasteiger partial charge is 0.476 e. The van der Waals surface area contributed by atoms with E-state index < -0.39 is 49.7 Å². The van der Waals surface area contributed by atoms with E-state index in [1.165, 1.54) is 0 Å². The zero-order valence-electron chi connectivity index (χ0n) is 23.7. The highest BCUT2D eigenvalue weighted by atomic mass is 31.2. The molecule has 0 aromatic rings. The number of rotatable bonds is 27. The van der Waals surface area contributed by atoms with Gasteiger partial charge in [-0.25, -0.2) is 4.57 Å². The second kappa shape index (κ2) is 21.3. The molecule has 0 aromatic heterocycles. The summed E-state index contributed by atoms with van der Waals surface area (Å²) >= 11 is 0. The third-order valence-corrected chi connectivity index (χ3v) is 10.8. The first-order valence-electron chi connectivity index (χ1n) is 13.2. The van der Waals surface area contributed by atoms with Gasteiger partial charge in [0.1, 0.15) is 0 Å². The van der Waals surface area contributed by atoms with E-state index in [2.05, 4.69) is 0 Å². The third-order valence-electron chi connectivity index (χ3n) is 4.07. The fourth-order valence-corrected chi connectivity index (χ4v) is 9.31. The van der Waals surface area contributed by atoms with Crippen LogP contribution in [0, 0.1) is 0 Å². The van der Waals surface area contributed by atoms with Gasteiger partial charge < -0.3 is 27.1 Å². The van der Waals surface area contributed by atoms with Crippen LogP contribution >= 0.6 is 30.6 Å². The summed E-state index contributed by atoms with van der Waals surface area (Å²) in [4.78, 5) is 0. The normalized spacial score (nSPS) is 13.3. The predicted molar refractivity (Wildman–Crippen MR) is 146 cm³/mol. The zero-order chi connectivity index (χ0) is 29.0.